The number of aliphatic carboxylic acids is 1. The zero-order valence-electron chi connectivity index (χ0n) is 17.6. The molecule has 1 fully saturated rings. The Morgan fingerprint density at radius 3 is 2.17 bits per heavy atom. The van der Waals surface area contributed by atoms with E-state index in [1.165, 1.54) is 0 Å². The molecule has 0 aromatic heterocycles. The van der Waals surface area contributed by atoms with Crippen LogP contribution < -0.4 is 10.1 Å². The van der Waals surface area contributed by atoms with Gasteiger partial charge in [0.25, 0.3) is 0 Å². The molecule has 0 radical (unpaired) electrons. The van der Waals surface area contributed by atoms with Crippen LogP contribution in [0.25, 0.3) is 0 Å². The quantitative estimate of drug-likeness (QED) is 0.660. The zero-order valence-corrected chi connectivity index (χ0v) is 17.6. The van der Waals surface area contributed by atoms with Gasteiger partial charge in [-0.05, 0) is 64.8 Å². The van der Waals surface area contributed by atoms with Crippen LogP contribution in [0.15, 0.2) is 24.3 Å². The maximum atomic E-state index is 12.5. The number of nitrogens with one attached hydrogen (secondary N) is 1. The van der Waals surface area contributed by atoms with Crippen molar-refractivity contribution < 1.29 is 29.0 Å². The molecule has 29 heavy (non-hydrogen) atoms. The highest BCUT2D eigenvalue weighted by molar-refractivity contribution is 6.01. The number of hydrogen-bond acceptors (Lipinski definition) is 5. The van der Waals surface area contributed by atoms with Gasteiger partial charge >= 0.3 is 12.1 Å². The number of carboxylic acids is 1. The number of amides is 1. The SMILES string of the molecule is CC(NC(=O)OC(C)(C)C)C(=O)c1ccc(O[C@H](C(=O)O)C2CCCCC2)cc1. The molecule has 1 aromatic rings. The van der Waals surface area contributed by atoms with Crippen LogP contribution in [0, 0.1) is 5.92 Å². The first-order valence-electron chi connectivity index (χ1n) is 10.1. The largest absolute Gasteiger partial charge is 0.478 e. The lowest BCUT2D eigenvalue weighted by Gasteiger charge is -2.27. The topological polar surface area (TPSA) is 102 Å². The van der Waals surface area contributed by atoms with Crippen LogP contribution in [0.3, 0.4) is 0 Å². The predicted octanol–water partition coefficient (Wildman–Crippen LogP) is 4.19. The van der Waals surface area contributed by atoms with E-state index in [0.717, 1.165) is 32.1 Å². The molecule has 0 heterocycles. The van der Waals surface area contributed by atoms with E-state index in [1.54, 1.807) is 52.0 Å². The lowest BCUT2D eigenvalue weighted by Crippen LogP contribution is -2.41. The van der Waals surface area contributed by atoms with Gasteiger partial charge in [0.1, 0.15) is 11.4 Å². The van der Waals surface area contributed by atoms with Crippen molar-refractivity contribution in [3.05, 3.63) is 29.8 Å². The Bertz CT molecular complexity index is 716. The minimum Gasteiger partial charge on any atom is -0.478 e. The van der Waals surface area contributed by atoms with Crippen LogP contribution in [0.4, 0.5) is 4.79 Å². The molecule has 0 bridgehead atoms. The first-order chi connectivity index (χ1) is 13.6. The highest BCUT2D eigenvalue weighted by Gasteiger charge is 2.31. The summed E-state index contributed by atoms with van der Waals surface area (Å²) in [5.74, 6) is -0.829. The lowest BCUT2D eigenvalue weighted by atomic mass is 9.85. The normalized spacial score (nSPS) is 17.1. The number of carboxylic acid groups (broad SMARTS) is 1. The van der Waals surface area contributed by atoms with Gasteiger partial charge in [-0.1, -0.05) is 19.3 Å². The van der Waals surface area contributed by atoms with Crippen molar-refractivity contribution in [2.45, 2.75) is 77.5 Å². The Morgan fingerprint density at radius 2 is 1.66 bits per heavy atom. The van der Waals surface area contributed by atoms with Gasteiger partial charge in [-0.25, -0.2) is 9.59 Å². The summed E-state index contributed by atoms with van der Waals surface area (Å²) in [6, 6.07) is 5.57. The van der Waals surface area contributed by atoms with Gasteiger partial charge in [0, 0.05) is 11.5 Å². The molecule has 0 spiro atoms. The van der Waals surface area contributed by atoms with Crippen molar-refractivity contribution in [2.75, 3.05) is 0 Å². The molecule has 2 N–H and O–H groups in total. The van der Waals surface area contributed by atoms with Crippen molar-refractivity contribution in [2.24, 2.45) is 5.92 Å². The van der Waals surface area contributed by atoms with E-state index in [-0.39, 0.29) is 11.7 Å². The van der Waals surface area contributed by atoms with Crippen LogP contribution in [0.5, 0.6) is 5.75 Å². The fourth-order valence-corrected chi connectivity index (χ4v) is 3.43. The first-order valence-corrected chi connectivity index (χ1v) is 10.1. The highest BCUT2D eigenvalue weighted by Crippen LogP contribution is 2.29. The van der Waals surface area contributed by atoms with Gasteiger partial charge in [-0.2, -0.15) is 0 Å². The third kappa shape index (κ3) is 7.07. The first kappa shape index (κ1) is 22.7. The molecule has 2 rings (SSSR count). The highest BCUT2D eigenvalue weighted by atomic mass is 16.6. The number of alkyl carbamates (subject to hydrolysis) is 1. The second kappa shape index (κ2) is 9.76. The van der Waals surface area contributed by atoms with Gasteiger partial charge in [0.2, 0.25) is 0 Å². The van der Waals surface area contributed by atoms with Crippen molar-refractivity contribution in [1.82, 2.24) is 5.32 Å². The molecule has 0 saturated heterocycles. The van der Waals surface area contributed by atoms with Crippen molar-refractivity contribution >= 4 is 17.8 Å². The van der Waals surface area contributed by atoms with Crippen LogP contribution in [-0.2, 0) is 9.53 Å². The number of rotatable bonds is 7. The molecule has 1 aromatic carbocycles. The van der Waals surface area contributed by atoms with E-state index in [0.29, 0.717) is 11.3 Å². The summed E-state index contributed by atoms with van der Waals surface area (Å²) in [5, 5.41) is 12.1. The zero-order chi connectivity index (χ0) is 21.6. The number of ketones is 1. The number of ether oxygens (including phenoxy) is 2. The molecule has 2 atom stereocenters. The average Bonchev–Trinajstić information content (AvgIpc) is 2.64. The molecule has 1 unspecified atom stereocenters. The molecule has 1 saturated carbocycles. The third-order valence-electron chi connectivity index (χ3n) is 4.85. The Balaban J connectivity index is 1.98. The smallest absolute Gasteiger partial charge is 0.408 e. The third-order valence-corrected chi connectivity index (χ3v) is 4.85. The van der Waals surface area contributed by atoms with Gasteiger partial charge in [-0.3, -0.25) is 4.79 Å². The molecular weight excluding hydrogens is 374 g/mol. The van der Waals surface area contributed by atoms with Crippen LogP contribution in [0.1, 0.15) is 70.2 Å². The van der Waals surface area contributed by atoms with Gasteiger partial charge in [0.05, 0.1) is 6.04 Å². The molecule has 7 heteroatoms. The molecular formula is C22H31NO6. The van der Waals surface area contributed by atoms with E-state index in [9.17, 15) is 19.5 Å². The molecule has 1 aliphatic rings. The Labute approximate surface area is 171 Å². The maximum Gasteiger partial charge on any atom is 0.408 e. The van der Waals surface area contributed by atoms with E-state index in [1.807, 2.05) is 0 Å². The maximum absolute atomic E-state index is 12.5. The fourth-order valence-electron chi connectivity index (χ4n) is 3.43. The summed E-state index contributed by atoms with van der Waals surface area (Å²) in [6.45, 7) is 6.82. The average molecular weight is 405 g/mol. The number of carbonyl (C=O) groups is 3. The molecule has 160 valence electrons. The summed E-state index contributed by atoms with van der Waals surface area (Å²) in [4.78, 5) is 36.0. The lowest BCUT2D eigenvalue weighted by molar-refractivity contribution is -0.148. The van der Waals surface area contributed by atoms with Gasteiger partial charge in [-0.15, -0.1) is 0 Å². The van der Waals surface area contributed by atoms with E-state index < -0.39 is 29.8 Å². The van der Waals surface area contributed by atoms with Crippen LogP contribution >= 0.6 is 0 Å². The summed E-state index contributed by atoms with van der Waals surface area (Å²) < 4.78 is 10.9. The summed E-state index contributed by atoms with van der Waals surface area (Å²) in [6.07, 6.45) is 3.33. The number of hydrogen-bond donors (Lipinski definition) is 2. The van der Waals surface area contributed by atoms with Gasteiger partial charge in [0.15, 0.2) is 11.9 Å². The summed E-state index contributed by atoms with van der Waals surface area (Å²) in [7, 11) is 0. The second-order valence-corrected chi connectivity index (χ2v) is 8.53. The number of Topliss-reactive ketones (excluding diaryl/α,β-unsaturated/α-hetero) is 1. The number of benzene rings is 1. The molecule has 1 aliphatic carbocycles. The van der Waals surface area contributed by atoms with E-state index >= 15 is 0 Å². The van der Waals surface area contributed by atoms with Crippen LogP contribution in [-0.4, -0.2) is 40.7 Å². The molecule has 1 amide bonds. The van der Waals surface area contributed by atoms with E-state index in [4.69, 9.17) is 9.47 Å². The van der Waals surface area contributed by atoms with E-state index in [2.05, 4.69) is 5.32 Å². The summed E-state index contributed by atoms with van der Waals surface area (Å²) >= 11 is 0. The van der Waals surface area contributed by atoms with Crippen molar-refractivity contribution in [3.63, 3.8) is 0 Å². The monoisotopic (exact) mass is 405 g/mol. The molecule has 7 nitrogen and oxygen atoms in total. The predicted molar refractivity (Wildman–Crippen MR) is 108 cm³/mol. The Kier molecular flexibility index (Phi) is 7.65. The van der Waals surface area contributed by atoms with Crippen molar-refractivity contribution in [3.8, 4) is 5.75 Å². The standard InChI is InChI=1S/C22H31NO6/c1-14(23-21(27)29-22(2,3)4)18(24)15-10-12-17(13-11-15)28-19(20(25)26)16-8-6-5-7-9-16/h10-14,16,19H,5-9H2,1-4H3,(H,23,27)(H,25,26)/t14?,19-/m0/s1. The molecule has 0 aliphatic heterocycles. The second-order valence-electron chi connectivity index (χ2n) is 8.53. The number of carbonyl (C=O) groups excluding carboxylic acids is 2. The van der Waals surface area contributed by atoms with Crippen LogP contribution in [0.2, 0.25) is 0 Å². The van der Waals surface area contributed by atoms with Crippen molar-refractivity contribution in [1.29, 1.82) is 0 Å². The summed E-state index contributed by atoms with van der Waals surface area (Å²) in [5.41, 5.74) is -0.254. The Hall–Kier alpha value is -2.57. The van der Waals surface area contributed by atoms with Gasteiger partial charge < -0.3 is 19.9 Å². The Morgan fingerprint density at radius 1 is 1.07 bits per heavy atom. The minimum absolute atomic E-state index is 0.000564. The fraction of sp³-hybridized carbons (Fsp3) is 0.591. The minimum atomic E-state index is -0.966.